The standard InChI is InChI=1S/C12H24N2O/c1-12(2)5-9(12)7-14-8-11-4-3-10(6-13)15-11/h9-11,14H,3-8,13H2,1-2H3. The van der Waals surface area contributed by atoms with E-state index in [9.17, 15) is 0 Å². The van der Waals surface area contributed by atoms with Crippen LogP contribution in [0.3, 0.4) is 0 Å². The molecule has 0 aromatic carbocycles. The molecule has 0 bridgehead atoms. The van der Waals surface area contributed by atoms with Crippen molar-refractivity contribution in [1.29, 1.82) is 0 Å². The highest BCUT2D eigenvalue weighted by Crippen LogP contribution is 2.50. The van der Waals surface area contributed by atoms with Crippen LogP contribution in [0, 0.1) is 11.3 Å². The first-order chi connectivity index (χ1) is 7.12. The van der Waals surface area contributed by atoms with Crippen LogP contribution in [0.4, 0.5) is 0 Å². The van der Waals surface area contributed by atoms with Gasteiger partial charge in [0.15, 0.2) is 0 Å². The molecule has 3 nitrogen and oxygen atoms in total. The molecule has 0 amide bonds. The highest BCUT2D eigenvalue weighted by molar-refractivity contribution is 4.96. The quantitative estimate of drug-likeness (QED) is 0.718. The van der Waals surface area contributed by atoms with E-state index in [1.165, 1.54) is 12.8 Å². The Morgan fingerprint density at radius 1 is 1.27 bits per heavy atom. The second-order valence-corrected chi connectivity index (χ2v) is 5.74. The summed E-state index contributed by atoms with van der Waals surface area (Å²) in [6, 6.07) is 0. The van der Waals surface area contributed by atoms with E-state index in [1.807, 2.05) is 0 Å². The normalized spacial score (nSPS) is 38.2. The van der Waals surface area contributed by atoms with Gasteiger partial charge in [0, 0.05) is 13.1 Å². The molecule has 1 saturated heterocycles. The third-order valence-corrected chi connectivity index (χ3v) is 3.94. The average molecular weight is 212 g/mol. The Labute approximate surface area is 92.7 Å². The second kappa shape index (κ2) is 4.40. The van der Waals surface area contributed by atoms with Crippen molar-refractivity contribution in [1.82, 2.24) is 5.32 Å². The smallest absolute Gasteiger partial charge is 0.0704 e. The fourth-order valence-corrected chi connectivity index (χ4v) is 2.45. The topological polar surface area (TPSA) is 47.3 Å². The van der Waals surface area contributed by atoms with E-state index in [2.05, 4.69) is 19.2 Å². The molecular formula is C12H24N2O. The maximum Gasteiger partial charge on any atom is 0.0704 e. The summed E-state index contributed by atoms with van der Waals surface area (Å²) >= 11 is 0. The molecule has 0 radical (unpaired) electrons. The second-order valence-electron chi connectivity index (χ2n) is 5.74. The number of rotatable bonds is 5. The molecule has 3 heteroatoms. The Morgan fingerprint density at radius 3 is 2.47 bits per heavy atom. The first-order valence-corrected chi connectivity index (χ1v) is 6.18. The van der Waals surface area contributed by atoms with Gasteiger partial charge in [-0.3, -0.25) is 0 Å². The molecule has 15 heavy (non-hydrogen) atoms. The van der Waals surface area contributed by atoms with Gasteiger partial charge in [-0.2, -0.15) is 0 Å². The molecule has 0 aromatic rings. The van der Waals surface area contributed by atoms with Crippen molar-refractivity contribution in [3.63, 3.8) is 0 Å². The first-order valence-electron chi connectivity index (χ1n) is 6.18. The maximum absolute atomic E-state index is 5.78. The Hall–Kier alpha value is -0.120. The number of nitrogens with one attached hydrogen (secondary N) is 1. The molecule has 1 aliphatic heterocycles. The fraction of sp³-hybridized carbons (Fsp3) is 1.00. The number of ether oxygens (including phenoxy) is 1. The zero-order valence-electron chi connectivity index (χ0n) is 9.96. The van der Waals surface area contributed by atoms with Crippen LogP contribution in [0.1, 0.15) is 33.1 Å². The summed E-state index contributed by atoms with van der Waals surface area (Å²) in [4.78, 5) is 0. The van der Waals surface area contributed by atoms with Crippen LogP contribution in [0.5, 0.6) is 0 Å². The molecule has 3 unspecified atom stereocenters. The SMILES string of the molecule is CC1(C)CC1CNCC1CCC(CN)O1. The first kappa shape index (κ1) is 11.4. The Morgan fingerprint density at radius 2 is 1.93 bits per heavy atom. The summed E-state index contributed by atoms with van der Waals surface area (Å²) < 4.78 is 5.78. The Kier molecular flexibility index (Phi) is 3.33. The van der Waals surface area contributed by atoms with Gasteiger partial charge in [0.05, 0.1) is 12.2 Å². The van der Waals surface area contributed by atoms with Crippen LogP contribution in [0.15, 0.2) is 0 Å². The van der Waals surface area contributed by atoms with Gasteiger partial charge in [0.1, 0.15) is 0 Å². The van der Waals surface area contributed by atoms with Crippen LogP contribution >= 0.6 is 0 Å². The molecule has 0 spiro atoms. The molecule has 2 aliphatic rings. The van der Waals surface area contributed by atoms with Crippen LogP contribution in [-0.2, 0) is 4.74 Å². The van der Waals surface area contributed by atoms with E-state index >= 15 is 0 Å². The van der Waals surface area contributed by atoms with Crippen molar-refractivity contribution in [2.75, 3.05) is 19.6 Å². The molecule has 2 rings (SSSR count). The number of hydrogen-bond donors (Lipinski definition) is 2. The minimum Gasteiger partial charge on any atom is -0.372 e. The monoisotopic (exact) mass is 212 g/mol. The largest absolute Gasteiger partial charge is 0.372 e. The van der Waals surface area contributed by atoms with Gasteiger partial charge in [-0.05, 0) is 37.1 Å². The maximum atomic E-state index is 5.78. The predicted molar refractivity (Wildman–Crippen MR) is 61.7 cm³/mol. The van der Waals surface area contributed by atoms with E-state index in [4.69, 9.17) is 10.5 Å². The molecule has 3 N–H and O–H groups in total. The van der Waals surface area contributed by atoms with Gasteiger partial charge >= 0.3 is 0 Å². The highest BCUT2D eigenvalue weighted by atomic mass is 16.5. The summed E-state index contributed by atoms with van der Waals surface area (Å²) in [5, 5.41) is 3.52. The van der Waals surface area contributed by atoms with E-state index in [0.29, 0.717) is 24.2 Å². The lowest BCUT2D eigenvalue weighted by molar-refractivity contribution is 0.0503. The van der Waals surface area contributed by atoms with Gasteiger partial charge in [-0.25, -0.2) is 0 Å². The minimum atomic E-state index is 0.314. The summed E-state index contributed by atoms with van der Waals surface area (Å²) in [5.74, 6) is 0.879. The van der Waals surface area contributed by atoms with Gasteiger partial charge in [0.25, 0.3) is 0 Å². The lowest BCUT2D eigenvalue weighted by Gasteiger charge is -2.13. The Balaban J connectivity index is 1.56. The van der Waals surface area contributed by atoms with Crippen molar-refractivity contribution in [2.24, 2.45) is 17.1 Å². The molecule has 1 saturated carbocycles. The fourth-order valence-electron chi connectivity index (χ4n) is 2.45. The van der Waals surface area contributed by atoms with E-state index in [1.54, 1.807) is 0 Å². The third-order valence-electron chi connectivity index (χ3n) is 3.94. The van der Waals surface area contributed by atoms with Crippen molar-refractivity contribution in [3.8, 4) is 0 Å². The minimum absolute atomic E-state index is 0.314. The lowest BCUT2D eigenvalue weighted by atomic mass is 10.1. The van der Waals surface area contributed by atoms with Crippen molar-refractivity contribution in [3.05, 3.63) is 0 Å². The predicted octanol–water partition coefficient (Wildman–Crippen LogP) is 1.13. The van der Waals surface area contributed by atoms with Crippen molar-refractivity contribution in [2.45, 2.75) is 45.3 Å². The summed E-state index contributed by atoms with van der Waals surface area (Å²) in [7, 11) is 0. The molecule has 1 heterocycles. The number of nitrogens with two attached hydrogens (primary N) is 1. The molecule has 88 valence electrons. The van der Waals surface area contributed by atoms with Crippen LogP contribution in [-0.4, -0.2) is 31.8 Å². The van der Waals surface area contributed by atoms with E-state index < -0.39 is 0 Å². The molecule has 2 fully saturated rings. The zero-order valence-corrected chi connectivity index (χ0v) is 9.96. The summed E-state index contributed by atoms with van der Waals surface area (Å²) in [6.07, 6.45) is 4.40. The summed E-state index contributed by atoms with van der Waals surface area (Å²) in [5.41, 5.74) is 6.16. The lowest BCUT2D eigenvalue weighted by Crippen LogP contribution is -2.30. The third kappa shape index (κ3) is 2.92. The molecule has 0 aromatic heterocycles. The van der Waals surface area contributed by atoms with Crippen molar-refractivity contribution < 1.29 is 4.74 Å². The van der Waals surface area contributed by atoms with E-state index in [0.717, 1.165) is 25.4 Å². The molecule has 3 atom stereocenters. The average Bonchev–Trinajstić information content (AvgIpc) is 2.65. The van der Waals surface area contributed by atoms with E-state index in [-0.39, 0.29) is 0 Å². The summed E-state index contributed by atoms with van der Waals surface area (Å²) in [6.45, 7) is 7.52. The van der Waals surface area contributed by atoms with Crippen LogP contribution in [0.2, 0.25) is 0 Å². The number of hydrogen-bond acceptors (Lipinski definition) is 3. The highest BCUT2D eigenvalue weighted by Gasteiger charge is 2.44. The Bertz CT molecular complexity index is 218. The van der Waals surface area contributed by atoms with Gasteiger partial charge in [-0.15, -0.1) is 0 Å². The van der Waals surface area contributed by atoms with Crippen LogP contribution < -0.4 is 11.1 Å². The molecule has 1 aliphatic carbocycles. The zero-order chi connectivity index (χ0) is 10.9. The van der Waals surface area contributed by atoms with Crippen LogP contribution in [0.25, 0.3) is 0 Å². The van der Waals surface area contributed by atoms with Gasteiger partial charge in [0.2, 0.25) is 0 Å². The van der Waals surface area contributed by atoms with Gasteiger partial charge in [-0.1, -0.05) is 13.8 Å². The van der Waals surface area contributed by atoms with Gasteiger partial charge < -0.3 is 15.8 Å². The van der Waals surface area contributed by atoms with Crippen molar-refractivity contribution >= 4 is 0 Å². The molecular weight excluding hydrogens is 188 g/mol.